The van der Waals surface area contributed by atoms with Crippen LogP contribution in [0.5, 0.6) is 0 Å². The van der Waals surface area contributed by atoms with Crippen LogP contribution in [0.3, 0.4) is 0 Å². The molecular weight excluding hydrogens is 364 g/mol. The van der Waals surface area contributed by atoms with Crippen molar-refractivity contribution >= 4 is 33.8 Å². The van der Waals surface area contributed by atoms with E-state index in [1.807, 2.05) is 47.5 Å². The van der Waals surface area contributed by atoms with E-state index in [1.165, 1.54) is 0 Å². The number of benzene rings is 1. The van der Waals surface area contributed by atoms with Crippen LogP contribution in [0.4, 0.5) is 5.82 Å². The summed E-state index contributed by atoms with van der Waals surface area (Å²) in [6.07, 6.45) is 8.45. The van der Waals surface area contributed by atoms with Crippen molar-refractivity contribution in [3.63, 3.8) is 0 Å². The number of aromatic amines is 1. The van der Waals surface area contributed by atoms with Crippen LogP contribution in [0.1, 0.15) is 29.6 Å². The highest BCUT2D eigenvalue weighted by molar-refractivity contribution is 5.98. The molecule has 29 heavy (non-hydrogen) atoms. The van der Waals surface area contributed by atoms with Gasteiger partial charge >= 0.3 is 0 Å². The average molecular weight is 386 g/mol. The van der Waals surface area contributed by atoms with E-state index in [9.17, 15) is 4.79 Å². The van der Waals surface area contributed by atoms with Crippen molar-refractivity contribution in [3.05, 3.63) is 60.6 Å². The lowest BCUT2D eigenvalue weighted by atomic mass is 10.00. The molecule has 0 bridgehead atoms. The van der Waals surface area contributed by atoms with E-state index in [2.05, 4.69) is 25.3 Å². The fraction of sp³-hybridized carbons (Fsp3) is 0.273. The van der Waals surface area contributed by atoms with Crippen molar-refractivity contribution in [1.29, 1.82) is 0 Å². The maximum atomic E-state index is 13.2. The Morgan fingerprint density at radius 2 is 2.17 bits per heavy atom. The zero-order valence-corrected chi connectivity index (χ0v) is 16.0. The van der Waals surface area contributed by atoms with Gasteiger partial charge in [0.15, 0.2) is 5.65 Å². The Hall–Kier alpha value is -3.48. The van der Waals surface area contributed by atoms with Crippen LogP contribution < -0.4 is 5.32 Å². The summed E-state index contributed by atoms with van der Waals surface area (Å²) >= 11 is 0. The zero-order valence-electron chi connectivity index (χ0n) is 16.0. The summed E-state index contributed by atoms with van der Waals surface area (Å²) < 4.78 is 0. The minimum Gasteiger partial charge on any atom is -0.367 e. The van der Waals surface area contributed by atoms with Crippen molar-refractivity contribution in [1.82, 2.24) is 24.8 Å². The number of carbonyl (C=O) groups is 1. The molecule has 2 N–H and O–H groups in total. The maximum Gasteiger partial charge on any atom is 0.254 e. The molecule has 0 aliphatic carbocycles. The minimum absolute atomic E-state index is 0.0911. The molecule has 0 saturated carbocycles. The Morgan fingerprint density at radius 1 is 1.21 bits per heavy atom. The number of pyridine rings is 1. The van der Waals surface area contributed by atoms with Gasteiger partial charge in [-0.25, -0.2) is 15.0 Å². The number of carbonyl (C=O) groups excluding carboxylic acids is 1. The van der Waals surface area contributed by atoms with E-state index >= 15 is 0 Å². The highest BCUT2D eigenvalue weighted by Crippen LogP contribution is 2.22. The smallest absolute Gasteiger partial charge is 0.254 e. The SMILES string of the molecule is O=C(c1ccc2[nH]ccc2c1)N1CCCC[C@H]1CNc1cnc2ncccc2n1. The van der Waals surface area contributed by atoms with E-state index in [0.29, 0.717) is 18.0 Å². The first-order valence-electron chi connectivity index (χ1n) is 9.98. The van der Waals surface area contributed by atoms with Crippen molar-refractivity contribution < 1.29 is 4.79 Å². The molecule has 7 nitrogen and oxygen atoms in total. The number of rotatable bonds is 4. The second-order valence-electron chi connectivity index (χ2n) is 7.41. The van der Waals surface area contributed by atoms with Crippen LogP contribution in [-0.4, -0.2) is 49.9 Å². The minimum atomic E-state index is 0.0911. The molecule has 1 saturated heterocycles. The van der Waals surface area contributed by atoms with Gasteiger partial charge in [-0.05, 0) is 55.7 Å². The third-order valence-corrected chi connectivity index (χ3v) is 5.52. The van der Waals surface area contributed by atoms with Gasteiger partial charge in [-0.15, -0.1) is 0 Å². The number of fused-ring (bicyclic) bond motifs is 2. The Balaban J connectivity index is 1.32. The van der Waals surface area contributed by atoms with Gasteiger partial charge in [0.2, 0.25) is 0 Å². The molecule has 0 unspecified atom stereocenters. The van der Waals surface area contributed by atoms with Crippen molar-refractivity contribution in [2.24, 2.45) is 0 Å². The highest BCUT2D eigenvalue weighted by Gasteiger charge is 2.27. The number of amides is 1. The van der Waals surface area contributed by atoms with E-state index in [1.54, 1.807) is 12.4 Å². The van der Waals surface area contributed by atoms with Crippen molar-refractivity contribution in [3.8, 4) is 0 Å². The normalized spacial score (nSPS) is 17.0. The molecular formula is C22H22N6O. The molecule has 1 aliphatic rings. The fourth-order valence-corrected chi connectivity index (χ4v) is 4.00. The highest BCUT2D eigenvalue weighted by atomic mass is 16.2. The van der Waals surface area contributed by atoms with Gasteiger partial charge < -0.3 is 15.2 Å². The molecule has 1 fully saturated rings. The van der Waals surface area contributed by atoms with Crippen LogP contribution in [0.25, 0.3) is 22.1 Å². The van der Waals surface area contributed by atoms with Crippen LogP contribution in [0, 0.1) is 0 Å². The summed E-state index contributed by atoms with van der Waals surface area (Å²) in [4.78, 5) is 31.5. The number of H-pyrrole nitrogens is 1. The summed E-state index contributed by atoms with van der Waals surface area (Å²) in [7, 11) is 0. The standard InChI is InChI=1S/C22H22N6O/c29-22(16-6-7-18-15(12-16)8-10-23-18)28-11-2-1-4-17(28)13-25-20-14-26-21-19(27-20)5-3-9-24-21/h3,5-10,12,14,17,23H,1-2,4,11,13H2,(H,25,27)/t17-/m0/s1. The first-order valence-corrected chi connectivity index (χ1v) is 9.98. The van der Waals surface area contributed by atoms with Gasteiger partial charge in [-0.3, -0.25) is 4.79 Å². The summed E-state index contributed by atoms with van der Waals surface area (Å²) in [5.74, 6) is 0.797. The van der Waals surface area contributed by atoms with E-state index in [4.69, 9.17) is 0 Å². The van der Waals surface area contributed by atoms with E-state index < -0.39 is 0 Å². The number of piperidine rings is 1. The summed E-state index contributed by atoms with van der Waals surface area (Å²) in [5, 5.41) is 4.43. The third kappa shape index (κ3) is 3.51. The number of nitrogens with one attached hydrogen (secondary N) is 2. The monoisotopic (exact) mass is 386 g/mol. The Bertz CT molecular complexity index is 1170. The van der Waals surface area contributed by atoms with Crippen LogP contribution in [-0.2, 0) is 0 Å². The summed E-state index contributed by atoms with van der Waals surface area (Å²) in [6.45, 7) is 1.43. The van der Waals surface area contributed by atoms with Crippen LogP contribution in [0.15, 0.2) is 55.0 Å². The Morgan fingerprint density at radius 3 is 3.14 bits per heavy atom. The van der Waals surface area contributed by atoms with E-state index in [0.717, 1.165) is 47.8 Å². The number of nitrogens with zero attached hydrogens (tertiary/aromatic N) is 4. The second kappa shape index (κ2) is 7.50. The molecule has 1 aromatic carbocycles. The Kier molecular flexibility index (Phi) is 4.56. The van der Waals surface area contributed by atoms with Crippen LogP contribution >= 0.6 is 0 Å². The molecule has 4 aromatic rings. The van der Waals surface area contributed by atoms with Crippen molar-refractivity contribution in [2.45, 2.75) is 25.3 Å². The quantitative estimate of drug-likeness (QED) is 0.559. The molecule has 0 spiro atoms. The molecule has 1 atom stereocenters. The molecule has 3 aromatic heterocycles. The number of hydrogen-bond donors (Lipinski definition) is 2. The van der Waals surface area contributed by atoms with Gasteiger partial charge in [0.05, 0.1) is 6.20 Å². The van der Waals surface area contributed by atoms with E-state index in [-0.39, 0.29) is 11.9 Å². The van der Waals surface area contributed by atoms with Gasteiger partial charge in [-0.1, -0.05) is 0 Å². The predicted molar refractivity (Wildman–Crippen MR) is 113 cm³/mol. The maximum absolute atomic E-state index is 13.2. The average Bonchev–Trinajstić information content (AvgIpc) is 3.25. The number of hydrogen-bond acceptors (Lipinski definition) is 5. The zero-order chi connectivity index (χ0) is 19.6. The number of likely N-dealkylation sites (tertiary alicyclic amines) is 1. The molecule has 146 valence electrons. The van der Waals surface area contributed by atoms with Gasteiger partial charge in [0.25, 0.3) is 5.91 Å². The van der Waals surface area contributed by atoms with Gasteiger partial charge in [0.1, 0.15) is 11.3 Å². The topological polar surface area (TPSA) is 86.8 Å². The molecule has 4 heterocycles. The largest absolute Gasteiger partial charge is 0.367 e. The third-order valence-electron chi connectivity index (χ3n) is 5.52. The molecule has 0 radical (unpaired) electrons. The molecule has 7 heteroatoms. The van der Waals surface area contributed by atoms with Crippen LogP contribution in [0.2, 0.25) is 0 Å². The van der Waals surface area contributed by atoms with Gasteiger partial charge in [0, 0.05) is 48.0 Å². The second-order valence-corrected chi connectivity index (χ2v) is 7.41. The Labute approximate surface area is 168 Å². The summed E-state index contributed by atoms with van der Waals surface area (Å²) in [6, 6.07) is 11.7. The first kappa shape index (κ1) is 17.6. The summed E-state index contributed by atoms with van der Waals surface area (Å²) in [5.41, 5.74) is 3.17. The lowest BCUT2D eigenvalue weighted by Crippen LogP contribution is -2.47. The number of anilines is 1. The molecule has 1 aliphatic heterocycles. The lowest BCUT2D eigenvalue weighted by molar-refractivity contribution is 0.0628. The fourth-order valence-electron chi connectivity index (χ4n) is 4.00. The van der Waals surface area contributed by atoms with Crippen molar-refractivity contribution in [2.75, 3.05) is 18.4 Å². The molecule has 5 rings (SSSR count). The predicted octanol–water partition coefficient (Wildman–Crippen LogP) is 3.61. The molecule has 1 amide bonds. The van der Waals surface area contributed by atoms with Gasteiger partial charge in [-0.2, -0.15) is 0 Å². The number of aromatic nitrogens is 4. The first-order chi connectivity index (χ1) is 14.3. The lowest BCUT2D eigenvalue weighted by Gasteiger charge is -2.36.